The second-order valence-corrected chi connectivity index (χ2v) is 8.28. The summed E-state index contributed by atoms with van der Waals surface area (Å²) in [6.45, 7) is 5.07. The number of amides is 1. The van der Waals surface area contributed by atoms with Crippen molar-refractivity contribution in [1.82, 2.24) is 14.9 Å². The van der Waals surface area contributed by atoms with E-state index >= 15 is 0 Å². The molecule has 0 saturated carbocycles. The van der Waals surface area contributed by atoms with Crippen LogP contribution in [0.2, 0.25) is 0 Å². The van der Waals surface area contributed by atoms with Crippen LogP contribution in [0, 0.1) is 6.92 Å². The molecule has 1 heterocycles. The zero-order valence-electron chi connectivity index (χ0n) is 15.9. The van der Waals surface area contributed by atoms with Crippen LogP contribution in [0.25, 0.3) is 10.9 Å². The van der Waals surface area contributed by atoms with Gasteiger partial charge in [0.2, 0.25) is 5.91 Å². The molecule has 0 aliphatic carbocycles. The summed E-state index contributed by atoms with van der Waals surface area (Å²) in [5, 5.41) is 4.08. The van der Waals surface area contributed by atoms with Gasteiger partial charge in [-0.2, -0.15) is 0 Å². The number of hydrogen-bond acceptors (Lipinski definition) is 4. The summed E-state index contributed by atoms with van der Waals surface area (Å²) in [6.07, 6.45) is 0.797. The summed E-state index contributed by atoms with van der Waals surface area (Å²) in [5.41, 5.74) is 3.01. The number of aromatic nitrogens is 2. The molecule has 146 valence electrons. The second kappa shape index (κ2) is 9.39. The van der Waals surface area contributed by atoms with Gasteiger partial charge >= 0.3 is 0 Å². The minimum atomic E-state index is -0.0868. The third-order valence-electron chi connectivity index (χ3n) is 4.51. The molecule has 0 radical (unpaired) electrons. The van der Waals surface area contributed by atoms with Gasteiger partial charge in [-0.25, -0.2) is 4.98 Å². The van der Waals surface area contributed by atoms with Crippen LogP contribution in [0.15, 0.2) is 56.9 Å². The quantitative estimate of drug-likeness (QED) is 0.429. The van der Waals surface area contributed by atoms with E-state index in [0.29, 0.717) is 29.1 Å². The summed E-state index contributed by atoms with van der Waals surface area (Å²) in [6, 6.07) is 13.6. The maximum absolute atomic E-state index is 12.7. The summed E-state index contributed by atoms with van der Waals surface area (Å²) in [4.78, 5) is 29.5. The topological polar surface area (TPSA) is 64.0 Å². The van der Waals surface area contributed by atoms with E-state index in [9.17, 15) is 9.59 Å². The average molecular weight is 460 g/mol. The molecule has 1 amide bonds. The first-order valence-corrected chi connectivity index (χ1v) is 10.9. The number of nitrogens with one attached hydrogen (secondary N) is 1. The number of rotatable bonds is 7. The molecule has 3 aromatic rings. The molecule has 1 N–H and O–H groups in total. The van der Waals surface area contributed by atoms with Gasteiger partial charge in [0.25, 0.3) is 5.56 Å². The van der Waals surface area contributed by atoms with E-state index in [4.69, 9.17) is 0 Å². The number of thioether (sulfide) groups is 1. The van der Waals surface area contributed by atoms with E-state index in [2.05, 4.69) is 45.3 Å². The molecule has 28 heavy (non-hydrogen) atoms. The summed E-state index contributed by atoms with van der Waals surface area (Å²) in [7, 11) is 0. The maximum Gasteiger partial charge on any atom is 0.262 e. The molecular weight excluding hydrogens is 438 g/mol. The van der Waals surface area contributed by atoms with Gasteiger partial charge in [0.1, 0.15) is 0 Å². The fraction of sp³-hybridized carbons (Fsp3) is 0.286. The third kappa shape index (κ3) is 4.83. The maximum atomic E-state index is 12.7. The van der Waals surface area contributed by atoms with Crippen molar-refractivity contribution in [2.75, 3.05) is 12.3 Å². The molecule has 0 aliphatic heterocycles. The van der Waals surface area contributed by atoms with Gasteiger partial charge in [-0.3, -0.25) is 14.2 Å². The number of benzene rings is 2. The Labute approximate surface area is 176 Å². The Balaban J connectivity index is 1.64. The number of hydrogen-bond donors (Lipinski definition) is 1. The van der Waals surface area contributed by atoms with Crippen molar-refractivity contribution in [1.29, 1.82) is 0 Å². The summed E-state index contributed by atoms with van der Waals surface area (Å²) >= 11 is 4.68. The fourth-order valence-corrected chi connectivity index (χ4v) is 4.22. The van der Waals surface area contributed by atoms with Crippen molar-refractivity contribution in [2.24, 2.45) is 0 Å². The van der Waals surface area contributed by atoms with Crippen LogP contribution in [-0.4, -0.2) is 27.8 Å². The highest BCUT2D eigenvalue weighted by Gasteiger charge is 2.12. The second-order valence-electron chi connectivity index (χ2n) is 6.42. The smallest absolute Gasteiger partial charge is 0.262 e. The molecule has 3 rings (SSSR count). The Morgan fingerprint density at radius 3 is 2.79 bits per heavy atom. The van der Waals surface area contributed by atoms with Crippen molar-refractivity contribution in [3.63, 3.8) is 0 Å². The normalized spacial score (nSPS) is 11.0. The Morgan fingerprint density at radius 1 is 1.25 bits per heavy atom. The predicted octanol–water partition coefficient (Wildman–Crippen LogP) is 3.94. The molecule has 1 aromatic heterocycles. The van der Waals surface area contributed by atoms with E-state index in [0.717, 1.165) is 10.9 Å². The van der Waals surface area contributed by atoms with Crippen molar-refractivity contribution in [3.05, 3.63) is 68.4 Å². The van der Waals surface area contributed by atoms with Crippen LogP contribution in [0.4, 0.5) is 0 Å². The lowest BCUT2D eigenvalue weighted by Gasteiger charge is -2.11. The van der Waals surface area contributed by atoms with E-state index in [1.807, 2.05) is 31.2 Å². The Kier molecular flexibility index (Phi) is 6.91. The molecule has 0 atom stereocenters. The molecule has 0 aliphatic rings. The molecule has 0 saturated heterocycles. The molecular formula is C21H22BrN3O2S. The van der Waals surface area contributed by atoms with E-state index in [-0.39, 0.29) is 17.2 Å². The largest absolute Gasteiger partial charge is 0.355 e. The molecule has 2 aromatic carbocycles. The van der Waals surface area contributed by atoms with Crippen molar-refractivity contribution in [3.8, 4) is 0 Å². The monoisotopic (exact) mass is 459 g/mol. The highest BCUT2D eigenvalue weighted by Crippen LogP contribution is 2.20. The number of carbonyl (C=O) groups excluding carboxylic acids is 1. The lowest BCUT2D eigenvalue weighted by atomic mass is 10.1. The third-order valence-corrected chi connectivity index (χ3v) is 5.98. The van der Waals surface area contributed by atoms with Crippen molar-refractivity contribution in [2.45, 2.75) is 32.0 Å². The minimum absolute atomic E-state index is 0.0635. The SMILES string of the molecule is CCn1c(SCC(=O)NCCc2ccccc2C)nc2ccc(Br)cc2c1=O. The highest BCUT2D eigenvalue weighted by atomic mass is 79.9. The number of nitrogens with zero attached hydrogens (tertiary/aromatic N) is 2. The Hall–Kier alpha value is -2.12. The zero-order chi connectivity index (χ0) is 20.1. The van der Waals surface area contributed by atoms with E-state index < -0.39 is 0 Å². The Bertz CT molecular complexity index is 1070. The number of carbonyl (C=O) groups is 1. The summed E-state index contributed by atoms with van der Waals surface area (Å²) in [5.74, 6) is 0.161. The molecule has 7 heteroatoms. The van der Waals surface area contributed by atoms with Gasteiger partial charge in [-0.15, -0.1) is 0 Å². The van der Waals surface area contributed by atoms with Crippen LogP contribution in [-0.2, 0) is 17.8 Å². The van der Waals surface area contributed by atoms with Crippen LogP contribution < -0.4 is 10.9 Å². The first-order chi connectivity index (χ1) is 13.5. The van der Waals surface area contributed by atoms with Gasteiger partial charge in [-0.05, 0) is 49.6 Å². The number of fused-ring (bicyclic) bond motifs is 1. The van der Waals surface area contributed by atoms with Crippen LogP contribution >= 0.6 is 27.7 Å². The lowest BCUT2D eigenvalue weighted by Crippen LogP contribution is -2.28. The van der Waals surface area contributed by atoms with Crippen molar-refractivity contribution >= 4 is 44.5 Å². The molecule has 0 bridgehead atoms. The Morgan fingerprint density at radius 2 is 2.04 bits per heavy atom. The molecule has 0 unspecified atom stereocenters. The molecule has 5 nitrogen and oxygen atoms in total. The highest BCUT2D eigenvalue weighted by molar-refractivity contribution is 9.10. The molecule has 0 spiro atoms. The standard InChI is InChI=1S/C21H22BrN3O2S/c1-3-25-20(27)17-12-16(22)8-9-18(17)24-21(25)28-13-19(26)23-11-10-15-7-5-4-6-14(15)2/h4-9,12H,3,10-11,13H2,1-2H3,(H,23,26). The minimum Gasteiger partial charge on any atom is -0.355 e. The predicted molar refractivity (Wildman–Crippen MR) is 118 cm³/mol. The van der Waals surface area contributed by atoms with Crippen molar-refractivity contribution < 1.29 is 4.79 Å². The van der Waals surface area contributed by atoms with Crippen LogP contribution in [0.5, 0.6) is 0 Å². The van der Waals surface area contributed by atoms with E-state index in [1.54, 1.807) is 10.6 Å². The van der Waals surface area contributed by atoms with Gasteiger partial charge < -0.3 is 5.32 Å². The van der Waals surface area contributed by atoms with Gasteiger partial charge in [0.15, 0.2) is 5.16 Å². The molecule has 0 fully saturated rings. The number of aryl methyl sites for hydroxylation is 1. The van der Waals surface area contributed by atoms with Gasteiger partial charge in [0, 0.05) is 17.6 Å². The first-order valence-electron chi connectivity index (χ1n) is 9.13. The number of halogens is 1. The average Bonchev–Trinajstić information content (AvgIpc) is 2.68. The van der Waals surface area contributed by atoms with Gasteiger partial charge in [-0.1, -0.05) is 52.0 Å². The fourth-order valence-electron chi connectivity index (χ4n) is 2.97. The zero-order valence-corrected chi connectivity index (χ0v) is 18.3. The first kappa shape index (κ1) is 20.6. The lowest BCUT2D eigenvalue weighted by molar-refractivity contribution is -0.118. The van der Waals surface area contributed by atoms with Crippen LogP contribution in [0.1, 0.15) is 18.1 Å². The van der Waals surface area contributed by atoms with Crippen LogP contribution in [0.3, 0.4) is 0 Å². The van der Waals surface area contributed by atoms with E-state index in [1.165, 1.54) is 22.9 Å². The van der Waals surface area contributed by atoms with Gasteiger partial charge in [0.05, 0.1) is 16.7 Å². The summed E-state index contributed by atoms with van der Waals surface area (Å²) < 4.78 is 2.45.